The van der Waals surface area contributed by atoms with E-state index >= 15 is 0 Å². The molecule has 3 aliphatic rings. The molecule has 0 spiro atoms. The Balaban J connectivity index is 1.54. The molecule has 0 aromatic heterocycles. The highest BCUT2D eigenvalue weighted by Crippen LogP contribution is 2.50. The molecule has 2 heterocycles. The Morgan fingerprint density at radius 1 is 1.36 bits per heavy atom. The van der Waals surface area contributed by atoms with E-state index in [2.05, 4.69) is 30.4 Å². The number of carboxylic acids is 1. The molecular formula is C23H27NO2S2. The van der Waals surface area contributed by atoms with Gasteiger partial charge in [0, 0.05) is 26.5 Å². The van der Waals surface area contributed by atoms with Gasteiger partial charge in [0.2, 0.25) is 0 Å². The molecule has 1 aliphatic carbocycles. The van der Waals surface area contributed by atoms with E-state index < -0.39 is 11.4 Å². The summed E-state index contributed by atoms with van der Waals surface area (Å²) in [6.45, 7) is 3.99. The van der Waals surface area contributed by atoms with Crippen molar-refractivity contribution in [3.8, 4) is 0 Å². The van der Waals surface area contributed by atoms with E-state index in [0.29, 0.717) is 11.7 Å². The molecule has 2 N–H and O–H groups in total. The molecule has 148 valence electrons. The van der Waals surface area contributed by atoms with Crippen LogP contribution in [-0.4, -0.2) is 21.6 Å². The lowest BCUT2D eigenvalue weighted by Gasteiger charge is -2.31. The van der Waals surface area contributed by atoms with Crippen LogP contribution in [0.4, 0.5) is 0 Å². The van der Waals surface area contributed by atoms with Crippen LogP contribution in [-0.2, 0) is 4.79 Å². The topological polar surface area (TPSA) is 49.3 Å². The standard InChI is InChI=1S/C23H27NO2S2/c1-15(27-17-8-4-3-5-9-17)13-23(2,22(25)26)16-12-20-21(24-14-16)18-10-6-7-11-19(18)28-20/h3-5,8-9,12,14-15,19,24H,6-7,10-11,13H2,1-2H3,(H,25,26). The third kappa shape index (κ3) is 3.79. The van der Waals surface area contributed by atoms with Crippen molar-refractivity contribution in [1.82, 2.24) is 5.32 Å². The third-order valence-electron chi connectivity index (χ3n) is 5.93. The van der Waals surface area contributed by atoms with E-state index in [1.165, 1.54) is 46.8 Å². The summed E-state index contributed by atoms with van der Waals surface area (Å²) < 4.78 is 0. The number of hydrogen-bond donors (Lipinski definition) is 2. The van der Waals surface area contributed by atoms with Gasteiger partial charge in [-0.1, -0.05) is 31.5 Å². The molecule has 5 heteroatoms. The first-order chi connectivity index (χ1) is 13.5. The maximum Gasteiger partial charge on any atom is 0.313 e. The van der Waals surface area contributed by atoms with Crippen molar-refractivity contribution in [1.29, 1.82) is 0 Å². The van der Waals surface area contributed by atoms with Crippen LogP contribution in [0.25, 0.3) is 0 Å². The van der Waals surface area contributed by atoms with Crippen molar-refractivity contribution in [3.63, 3.8) is 0 Å². The van der Waals surface area contributed by atoms with Crippen LogP contribution in [0.15, 0.2) is 69.3 Å². The summed E-state index contributed by atoms with van der Waals surface area (Å²) in [5.41, 5.74) is 2.75. The number of hydrogen-bond acceptors (Lipinski definition) is 4. The average molecular weight is 414 g/mol. The SMILES string of the molecule is CC(CC(C)(C(=O)O)C1=CNC2=C3CCCCC3SC2=C1)Sc1ccccc1. The number of nitrogens with one attached hydrogen (secondary N) is 1. The number of carboxylic acid groups (broad SMARTS) is 1. The summed E-state index contributed by atoms with van der Waals surface area (Å²) in [5.74, 6) is -0.755. The summed E-state index contributed by atoms with van der Waals surface area (Å²) in [7, 11) is 0. The minimum absolute atomic E-state index is 0.196. The maximum absolute atomic E-state index is 12.3. The molecule has 0 saturated heterocycles. The molecule has 28 heavy (non-hydrogen) atoms. The van der Waals surface area contributed by atoms with Gasteiger partial charge in [-0.3, -0.25) is 4.79 Å². The fourth-order valence-electron chi connectivity index (χ4n) is 4.36. The summed E-state index contributed by atoms with van der Waals surface area (Å²) in [6.07, 6.45) is 9.62. The first-order valence-corrected chi connectivity index (χ1v) is 11.8. The predicted octanol–water partition coefficient (Wildman–Crippen LogP) is 5.96. The molecule has 1 aromatic carbocycles. The van der Waals surface area contributed by atoms with Gasteiger partial charge in [0.05, 0.1) is 11.1 Å². The summed E-state index contributed by atoms with van der Waals surface area (Å²) in [5, 5.41) is 14.4. The molecular weight excluding hydrogens is 386 g/mol. The van der Waals surface area contributed by atoms with Gasteiger partial charge in [0.25, 0.3) is 0 Å². The zero-order valence-electron chi connectivity index (χ0n) is 16.4. The predicted molar refractivity (Wildman–Crippen MR) is 118 cm³/mol. The Bertz CT molecular complexity index is 859. The van der Waals surface area contributed by atoms with Gasteiger partial charge >= 0.3 is 5.97 Å². The molecule has 0 amide bonds. The van der Waals surface area contributed by atoms with E-state index in [1.807, 2.05) is 43.1 Å². The normalized spacial score (nSPS) is 24.3. The van der Waals surface area contributed by atoms with Gasteiger partial charge in [0.1, 0.15) is 0 Å². The van der Waals surface area contributed by atoms with Crippen molar-refractivity contribution in [2.45, 2.75) is 61.3 Å². The number of benzene rings is 1. The lowest BCUT2D eigenvalue weighted by molar-refractivity contribution is -0.145. The Morgan fingerprint density at radius 3 is 2.89 bits per heavy atom. The van der Waals surface area contributed by atoms with Crippen LogP contribution in [0.5, 0.6) is 0 Å². The van der Waals surface area contributed by atoms with E-state index in [-0.39, 0.29) is 5.25 Å². The summed E-state index contributed by atoms with van der Waals surface area (Å²) >= 11 is 3.66. The van der Waals surface area contributed by atoms with Gasteiger partial charge in [-0.15, -0.1) is 23.5 Å². The van der Waals surface area contributed by atoms with Crippen molar-refractivity contribution < 1.29 is 9.90 Å². The first kappa shape index (κ1) is 19.7. The Hall–Kier alpha value is -1.59. The van der Waals surface area contributed by atoms with Gasteiger partial charge in [-0.25, -0.2) is 0 Å². The molecule has 3 unspecified atom stereocenters. The lowest BCUT2D eigenvalue weighted by Crippen LogP contribution is -2.34. The molecule has 1 fully saturated rings. The number of aliphatic carboxylic acids is 1. The highest BCUT2D eigenvalue weighted by Gasteiger charge is 2.41. The number of dihydropyridines is 1. The van der Waals surface area contributed by atoms with E-state index in [1.54, 1.807) is 11.8 Å². The largest absolute Gasteiger partial charge is 0.481 e. The van der Waals surface area contributed by atoms with Crippen molar-refractivity contribution in [2.24, 2.45) is 5.41 Å². The van der Waals surface area contributed by atoms with Crippen LogP contribution in [0.3, 0.4) is 0 Å². The molecule has 4 rings (SSSR count). The van der Waals surface area contributed by atoms with Gasteiger partial charge in [-0.05, 0) is 62.0 Å². The molecule has 1 aromatic rings. The van der Waals surface area contributed by atoms with Gasteiger partial charge < -0.3 is 10.4 Å². The van der Waals surface area contributed by atoms with Crippen molar-refractivity contribution in [2.75, 3.05) is 0 Å². The first-order valence-electron chi connectivity index (χ1n) is 10.0. The van der Waals surface area contributed by atoms with Crippen LogP contribution in [0, 0.1) is 5.41 Å². The van der Waals surface area contributed by atoms with Gasteiger partial charge in [0.15, 0.2) is 0 Å². The third-order valence-corrected chi connectivity index (χ3v) is 8.43. The number of allylic oxidation sites excluding steroid dienone is 1. The summed E-state index contributed by atoms with van der Waals surface area (Å²) in [6, 6.07) is 10.2. The molecule has 1 saturated carbocycles. The Kier molecular flexibility index (Phi) is 5.66. The fourth-order valence-corrected chi connectivity index (χ4v) is 7.03. The molecule has 3 nitrogen and oxygen atoms in total. The second-order valence-electron chi connectivity index (χ2n) is 8.09. The molecule has 2 aliphatic heterocycles. The Morgan fingerprint density at radius 2 is 2.14 bits per heavy atom. The lowest BCUT2D eigenvalue weighted by atomic mass is 9.77. The van der Waals surface area contributed by atoms with Crippen molar-refractivity contribution >= 4 is 29.5 Å². The smallest absolute Gasteiger partial charge is 0.313 e. The summed E-state index contributed by atoms with van der Waals surface area (Å²) in [4.78, 5) is 14.7. The zero-order chi connectivity index (χ0) is 19.7. The number of thioether (sulfide) groups is 2. The monoisotopic (exact) mass is 413 g/mol. The molecule has 0 radical (unpaired) electrons. The number of rotatable bonds is 6. The Labute approximate surface area is 175 Å². The zero-order valence-corrected chi connectivity index (χ0v) is 18.0. The van der Waals surface area contributed by atoms with Crippen molar-refractivity contribution in [3.05, 3.63) is 64.4 Å². The second-order valence-corrected chi connectivity index (χ2v) is 10.8. The molecule has 3 atom stereocenters. The van der Waals surface area contributed by atoms with Gasteiger partial charge in [-0.2, -0.15) is 0 Å². The van der Waals surface area contributed by atoms with E-state index in [0.717, 1.165) is 5.57 Å². The highest BCUT2D eigenvalue weighted by molar-refractivity contribution is 8.04. The van der Waals surface area contributed by atoms with Crippen LogP contribution >= 0.6 is 23.5 Å². The minimum Gasteiger partial charge on any atom is -0.481 e. The van der Waals surface area contributed by atoms with E-state index in [4.69, 9.17) is 0 Å². The van der Waals surface area contributed by atoms with Crippen LogP contribution in [0.2, 0.25) is 0 Å². The number of fused-ring (bicyclic) bond motifs is 2. The number of carbonyl (C=O) groups is 1. The second kappa shape index (κ2) is 8.03. The fraction of sp³-hybridized carbons (Fsp3) is 0.435. The van der Waals surface area contributed by atoms with Crippen LogP contribution in [0.1, 0.15) is 46.0 Å². The van der Waals surface area contributed by atoms with E-state index in [9.17, 15) is 9.90 Å². The van der Waals surface area contributed by atoms with Crippen LogP contribution < -0.4 is 5.32 Å². The maximum atomic E-state index is 12.3. The minimum atomic E-state index is -0.911. The molecule has 0 bridgehead atoms. The average Bonchev–Trinajstić information content (AvgIpc) is 3.06. The quantitative estimate of drug-likeness (QED) is 0.563. The highest BCUT2D eigenvalue weighted by atomic mass is 32.2.